The van der Waals surface area contributed by atoms with Crippen molar-refractivity contribution in [3.05, 3.63) is 0 Å². The molecule has 1 fully saturated rings. The molecule has 0 bridgehead atoms. The van der Waals surface area contributed by atoms with Gasteiger partial charge >= 0.3 is 5.97 Å². The Labute approximate surface area is 69.4 Å². The Morgan fingerprint density at radius 3 is 2.75 bits per heavy atom. The average Bonchev–Trinajstić information content (AvgIpc) is 1.91. The Hall–Kier alpha value is -0.660. The molecule has 1 rings (SSSR count). The number of hydrogen-bond donors (Lipinski definition) is 0. The van der Waals surface area contributed by atoms with Gasteiger partial charge in [-0.3, -0.25) is 4.18 Å². The van der Waals surface area contributed by atoms with E-state index in [1.807, 2.05) is 0 Å². The minimum Gasteiger partial charge on any atom is -0.726 e. The van der Waals surface area contributed by atoms with Crippen molar-refractivity contribution in [3.8, 4) is 0 Å². The molecule has 1 aliphatic heterocycles. The second-order valence-corrected chi connectivity index (χ2v) is 3.31. The highest BCUT2D eigenvalue weighted by molar-refractivity contribution is 7.80. The summed E-state index contributed by atoms with van der Waals surface area (Å²) in [5, 5.41) is 0. The summed E-state index contributed by atoms with van der Waals surface area (Å²) in [6, 6.07) is 0. The van der Waals surface area contributed by atoms with E-state index in [4.69, 9.17) is 0 Å². The van der Waals surface area contributed by atoms with Crippen LogP contribution in [0.25, 0.3) is 0 Å². The van der Waals surface area contributed by atoms with Crippen LogP contribution in [0, 0.1) is 0 Å². The van der Waals surface area contributed by atoms with E-state index in [0.29, 0.717) is 6.42 Å². The molecule has 1 unspecified atom stereocenters. The van der Waals surface area contributed by atoms with Gasteiger partial charge in [-0.15, -0.1) is 0 Å². The number of carbonyl (C=O) groups is 1. The van der Waals surface area contributed by atoms with Crippen LogP contribution in [0.5, 0.6) is 0 Å². The molecule has 0 spiro atoms. The lowest BCUT2D eigenvalue weighted by Gasteiger charge is -2.21. The van der Waals surface area contributed by atoms with Crippen LogP contribution in [0.15, 0.2) is 0 Å². The number of rotatable bonds is 2. The summed E-state index contributed by atoms with van der Waals surface area (Å²) in [6.07, 6.45) is -0.534. The molecule has 1 aliphatic rings. The number of hydrogen-bond acceptors (Lipinski definition) is 6. The molecule has 6 nitrogen and oxygen atoms in total. The normalized spacial score (nSPS) is 25.1. The first kappa shape index (κ1) is 9.43. The van der Waals surface area contributed by atoms with Crippen LogP contribution >= 0.6 is 0 Å². The molecule has 0 aromatic heterocycles. The number of ether oxygens (including phenoxy) is 1. The predicted molar refractivity (Wildman–Crippen MR) is 34.8 cm³/mol. The van der Waals surface area contributed by atoms with Crippen LogP contribution in [-0.2, 0) is 24.1 Å². The zero-order valence-electron chi connectivity index (χ0n) is 6.06. The van der Waals surface area contributed by atoms with Crippen molar-refractivity contribution in [1.82, 2.24) is 0 Å². The second-order valence-electron chi connectivity index (χ2n) is 2.30. The van der Waals surface area contributed by atoms with Gasteiger partial charge in [0.05, 0.1) is 6.61 Å². The van der Waals surface area contributed by atoms with Gasteiger partial charge in [0.2, 0.25) is 10.4 Å². The van der Waals surface area contributed by atoms with E-state index in [0.717, 1.165) is 0 Å². The summed E-state index contributed by atoms with van der Waals surface area (Å²) in [5.41, 5.74) is 0. The number of cyclic esters (lactones) is 1. The van der Waals surface area contributed by atoms with Gasteiger partial charge in [0.15, 0.2) is 6.10 Å². The SMILES string of the molecule is O=C1OCCCC1OS(=O)(=O)[O-]. The fourth-order valence-electron chi connectivity index (χ4n) is 0.882. The van der Waals surface area contributed by atoms with Crippen LogP contribution in [0.3, 0.4) is 0 Å². The first-order chi connectivity index (χ1) is 5.49. The lowest BCUT2D eigenvalue weighted by molar-refractivity contribution is -0.157. The van der Waals surface area contributed by atoms with E-state index in [2.05, 4.69) is 8.92 Å². The van der Waals surface area contributed by atoms with Crippen molar-refractivity contribution in [2.75, 3.05) is 6.61 Å². The maximum atomic E-state index is 10.7. The summed E-state index contributed by atoms with van der Waals surface area (Å²) in [5.74, 6) is -0.791. The van der Waals surface area contributed by atoms with Crippen molar-refractivity contribution in [3.63, 3.8) is 0 Å². The lowest BCUT2D eigenvalue weighted by Crippen LogP contribution is -2.33. The molecular formula is C5H7O6S-. The molecule has 0 N–H and O–H groups in total. The molecule has 0 saturated carbocycles. The molecule has 1 heterocycles. The van der Waals surface area contributed by atoms with Crippen molar-refractivity contribution < 1.29 is 26.7 Å². The molecule has 0 aromatic rings. The van der Waals surface area contributed by atoms with E-state index >= 15 is 0 Å². The summed E-state index contributed by atoms with van der Waals surface area (Å²) in [6.45, 7) is 0.248. The van der Waals surface area contributed by atoms with Crippen LogP contribution in [-0.4, -0.2) is 31.7 Å². The van der Waals surface area contributed by atoms with E-state index in [1.54, 1.807) is 0 Å². The van der Waals surface area contributed by atoms with Gasteiger partial charge in [-0.1, -0.05) is 0 Å². The zero-order valence-corrected chi connectivity index (χ0v) is 6.87. The maximum Gasteiger partial charge on any atom is 0.336 e. The van der Waals surface area contributed by atoms with Crippen LogP contribution in [0.2, 0.25) is 0 Å². The molecule has 7 heteroatoms. The Bertz CT molecular complexity index is 268. The summed E-state index contributed by atoms with van der Waals surface area (Å²) < 4.78 is 38.6. The predicted octanol–water partition coefficient (Wildman–Crippen LogP) is -0.831. The van der Waals surface area contributed by atoms with Gasteiger partial charge in [0.1, 0.15) is 0 Å². The molecule has 12 heavy (non-hydrogen) atoms. The second kappa shape index (κ2) is 3.38. The summed E-state index contributed by atoms with van der Waals surface area (Å²) in [4.78, 5) is 10.7. The van der Waals surface area contributed by atoms with Crippen molar-refractivity contribution in [2.45, 2.75) is 18.9 Å². The lowest BCUT2D eigenvalue weighted by atomic mass is 10.2. The first-order valence-corrected chi connectivity index (χ1v) is 4.63. The van der Waals surface area contributed by atoms with Gasteiger partial charge < -0.3 is 9.29 Å². The van der Waals surface area contributed by atoms with Gasteiger partial charge in [-0.25, -0.2) is 13.2 Å². The van der Waals surface area contributed by atoms with E-state index < -0.39 is 22.5 Å². The minimum atomic E-state index is -4.81. The molecule has 1 atom stereocenters. The standard InChI is InChI=1S/C5H8O6S/c6-5-4(2-1-3-10-5)11-12(7,8)9/h4H,1-3H2,(H,7,8,9)/p-1. The smallest absolute Gasteiger partial charge is 0.336 e. The highest BCUT2D eigenvalue weighted by Crippen LogP contribution is 2.12. The number of carbonyl (C=O) groups excluding carboxylic acids is 1. The maximum absolute atomic E-state index is 10.7. The molecule has 0 radical (unpaired) electrons. The molecule has 0 amide bonds. The van der Waals surface area contributed by atoms with Crippen LogP contribution in [0.4, 0.5) is 0 Å². The molecule has 70 valence electrons. The Morgan fingerprint density at radius 2 is 2.25 bits per heavy atom. The van der Waals surface area contributed by atoms with Gasteiger partial charge in [0.25, 0.3) is 0 Å². The van der Waals surface area contributed by atoms with E-state index in [9.17, 15) is 17.8 Å². The quantitative estimate of drug-likeness (QED) is 0.324. The third-order valence-electron chi connectivity index (χ3n) is 1.35. The third-order valence-corrected chi connectivity index (χ3v) is 1.82. The highest BCUT2D eigenvalue weighted by Gasteiger charge is 2.26. The summed E-state index contributed by atoms with van der Waals surface area (Å²) >= 11 is 0. The molecule has 1 saturated heterocycles. The fourth-order valence-corrected chi connectivity index (χ4v) is 1.34. The highest BCUT2D eigenvalue weighted by atomic mass is 32.3. The third kappa shape index (κ3) is 2.76. The fraction of sp³-hybridized carbons (Fsp3) is 0.800. The van der Waals surface area contributed by atoms with Gasteiger partial charge in [-0.05, 0) is 12.8 Å². The largest absolute Gasteiger partial charge is 0.726 e. The van der Waals surface area contributed by atoms with Gasteiger partial charge in [-0.2, -0.15) is 0 Å². The Kier molecular flexibility index (Phi) is 2.65. The van der Waals surface area contributed by atoms with Crippen molar-refractivity contribution in [1.29, 1.82) is 0 Å². The topological polar surface area (TPSA) is 92.7 Å². The van der Waals surface area contributed by atoms with E-state index in [1.165, 1.54) is 0 Å². The van der Waals surface area contributed by atoms with Crippen molar-refractivity contribution >= 4 is 16.4 Å². The molecule has 0 aliphatic carbocycles. The zero-order chi connectivity index (χ0) is 9.19. The monoisotopic (exact) mass is 195 g/mol. The minimum absolute atomic E-state index is 0.209. The van der Waals surface area contributed by atoms with Gasteiger partial charge in [0, 0.05) is 0 Å². The first-order valence-electron chi connectivity index (χ1n) is 3.30. The van der Waals surface area contributed by atoms with Crippen molar-refractivity contribution in [2.24, 2.45) is 0 Å². The molecule has 0 aromatic carbocycles. The van der Waals surface area contributed by atoms with Crippen LogP contribution in [0.1, 0.15) is 12.8 Å². The Balaban J connectivity index is 2.56. The average molecular weight is 195 g/mol. The summed E-state index contributed by atoms with van der Waals surface area (Å²) in [7, 11) is -4.81. The van der Waals surface area contributed by atoms with Crippen LogP contribution < -0.4 is 0 Å². The number of esters is 1. The Morgan fingerprint density at radius 1 is 1.58 bits per heavy atom. The molecular weight excluding hydrogens is 188 g/mol. The van der Waals surface area contributed by atoms with E-state index in [-0.39, 0.29) is 13.0 Å².